The van der Waals surface area contributed by atoms with Gasteiger partial charge in [-0.2, -0.15) is 28.9 Å². The van der Waals surface area contributed by atoms with Gasteiger partial charge in [0.25, 0.3) is 0 Å². The number of hydrogen-bond acceptors (Lipinski definition) is 6. The lowest BCUT2D eigenvalue weighted by Gasteiger charge is -2.06. The van der Waals surface area contributed by atoms with Gasteiger partial charge in [0.2, 0.25) is 0 Å². The minimum Gasteiger partial charge on any atom is -0.289 e. The minimum atomic E-state index is -3.92. The summed E-state index contributed by atoms with van der Waals surface area (Å²) in [6, 6.07) is 9.06. The topological polar surface area (TPSA) is 82.1 Å². The first-order valence-corrected chi connectivity index (χ1v) is 10.1. The van der Waals surface area contributed by atoms with Gasteiger partial charge in [-0.1, -0.05) is 6.07 Å². The first kappa shape index (κ1) is 15.2. The second-order valence-electron chi connectivity index (χ2n) is 5.66. The summed E-state index contributed by atoms with van der Waals surface area (Å²) in [5, 5.41) is 8.09. The number of rotatable bonds is 3. The highest BCUT2D eigenvalue weighted by Crippen LogP contribution is 2.26. The number of imidazole rings is 1. The van der Waals surface area contributed by atoms with Crippen LogP contribution in [0, 0.1) is 0 Å². The van der Waals surface area contributed by atoms with Crippen molar-refractivity contribution in [3.05, 3.63) is 65.9 Å². The summed E-state index contributed by atoms with van der Waals surface area (Å²) in [4.78, 5) is 8.51. The highest BCUT2D eigenvalue weighted by molar-refractivity contribution is 7.90. The fourth-order valence-corrected chi connectivity index (χ4v) is 4.86. The van der Waals surface area contributed by atoms with Gasteiger partial charge < -0.3 is 0 Å². The number of hydrogen-bond donors (Lipinski definition) is 0. The van der Waals surface area contributed by atoms with Gasteiger partial charge in [0.05, 0.1) is 12.4 Å². The smallest absolute Gasteiger partial charge is 0.289 e. The van der Waals surface area contributed by atoms with Crippen molar-refractivity contribution in [2.75, 3.05) is 0 Å². The zero-order valence-corrected chi connectivity index (χ0v) is 14.9. The van der Waals surface area contributed by atoms with Gasteiger partial charge in [-0.15, -0.1) is 0 Å². The first-order valence-electron chi connectivity index (χ1n) is 7.69. The SMILES string of the molecule is O=S(=O)(c1cnc2ccccn12)n1ncc2ncc(-c3ccsc3)cc21. The molecule has 0 radical (unpaired) electrons. The van der Waals surface area contributed by atoms with E-state index in [1.54, 1.807) is 48.0 Å². The summed E-state index contributed by atoms with van der Waals surface area (Å²) < 4.78 is 28.9. The molecule has 0 aromatic carbocycles. The Morgan fingerprint density at radius 2 is 1.92 bits per heavy atom. The van der Waals surface area contributed by atoms with Crippen LogP contribution >= 0.6 is 11.3 Å². The largest absolute Gasteiger partial charge is 0.301 e. The molecule has 5 aromatic heterocycles. The molecule has 0 aliphatic carbocycles. The van der Waals surface area contributed by atoms with E-state index in [9.17, 15) is 8.42 Å². The van der Waals surface area contributed by atoms with E-state index in [1.165, 1.54) is 16.8 Å². The quantitative estimate of drug-likeness (QED) is 0.480. The molecule has 0 saturated carbocycles. The van der Waals surface area contributed by atoms with Crippen LogP contribution < -0.4 is 0 Å². The van der Waals surface area contributed by atoms with Gasteiger partial charge in [0, 0.05) is 18.0 Å². The molecular weight excluding hydrogens is 370 g/mol. The Balaban J connectivity index is 1.74. The van der Waals surface area contributed by atoms with Crippen molar-refractivity contribution in [2.45, 2.75) is 5.03 Å². The predicted octanol–water partition coefficient (Wildman–Crippen LogP) is 3.04. The van der Waals surface area contributed by atoms with Crippen LogP contribution in [-0.2, 0) is 10.0 Å². The monoisotopic (exact) mass is 381 g/mol. The Morgan fingerprint density at radius 1 is 1.00 bits per heavy atom. The molecule has 5 heterocycles. The van der Waals surface area contributed by atoms with Gasteiger partial charge in [0.15, 0.2) is 5.03 Å². The number of nitrogens with zero attached hydrogens (tertiary/aromatic N) is 5. The molecule has 0 aliphatic rings. The molecule has 0 aliphatic heterocycles. The van der Waals surface area contributed by atoms with Crippen molar-refractivity contribution in [2.24, 2.45) is 0 Å². The number of aromatic nitrogens is 5. The molecule has 0 saturated heterocycles. The van der Waals surface area contributed by atoms with Crippen LogP contribution in [0.5, 0.6) is 0 Å². The van der Waals surface area contributed by atoms with E-state index in [2.05, 4.69) is 15.1 Å². The van der Waals surface area contributed by atoms with Crippen molar-refractivity contribution >= 4 is 38.0 Å². The van der Waals surface area contributed by atoms with E-state index < -0.39 is 10.0 Å². The van der Waals surface area contributed by atoms with Gasteiger partial charge in [0.1, 0.15) is 16.7 Å². The summed E-state index contributed by atoms with van der Waals surface area (Å²) in [6.45, 7) is 0. The van der Waals surface area contributed by atoms with Crippen LogP contribution in [0.1, 0.15) is 0 Å². The Bertz CT molecular complexity index is 1350. The summed E-state index contributed by atoms with van der Waals surface area (Å²) >= 11 is 1.57. The third-order valence-electron chi connectivity index (χ3n) is 4.12. The van der Waals surface area contributed by atoms with Gasteiger partial charge in [-0.05, 0) is 40.6 Å². The maximum absolute atomic E-state index is 13.2. The minimum absolute atomic E-state index is 0.0547. The summed E-state index contributed by atoms with van der Waals surface area (Å²) in [5.41, 5.74) is 3.33. The lowest BCUT2D eigenvalue weighted by molar-refractivity contribution is 0.577. The van der Waals surface area contributed by atoms with E-state index in [-0.39, 0.29) is 5.03 Å². The molecule has 5 rings (SSSR count). The molecule has 0 atom stereocenters. The summed E-state index contributed by atoms with van der Waals surface area (Å²) in [5.74, 6) is 0. The second kappa shape index (κ2) is 5.48. The van der Waals surface area contributed by atoms with Gasteiger partial charge >= 0.3 is 10.0 Å². The van der Waals surface area contributed by atoms with Crippen molar-refractivity contribution < 1.29 is 8.42 Å². The van der Waals surface area contributed by atoms with Gasteiger partial charge in [-0.3, -0.25) is 9.38 Å². The molecular formula is C17H11N5O2S2. The highest BCUT2D eigenvalue weighted by Gasteiger charge is 2.25. The Labute approximate surface area is 152 Å². The first-order chi connectivity index (χ1) is 12.6. The third-order valence-corrected chi connectivity index (χ3v) is 6.38. The van der Waals surface area contributed by atoms with Crippen LogP contribution in [0.15, 0.2) is 70.9 Å². The van der Waals surface area contributed by atoms with E-state index in [0.717, 1.165) is 15.2 Å². The summed E-state index contributed by atoms with van der Waals surface area (Å²) in [7, 11) is -3.92. The fourth-order valence-electron chi connectivity index (χ4n) is 2.85. The van der Waals surface area contributed by atoms with Crippen molar-refractivity contribution in [3.8, 4) is 11.1 Å². The van der Waals surface area contributed by atoms with Crippen LogP contribution in [0.2, 0.25) is 0 Å². The molecule has 0 bridgehead atoms. The molecule has 26 heavy (non-hydrogen) atoms. The number of thiophene rings is 1. The van der Waals surface area contributed by atoms with E-state index in [0.29, 0.717) is 16.7 Å². The highest BCUT2D eigenvalue weighted by atomic mass is 32.2. The van der Waals surface area contributed by atoms with Gasteiger partial charge in [-0.25, -0.2) is 4.98 Å². The predicted molar refractivity (Wildman–Crippen MR) is 98.6 cm³/mol. The van der Waals surface area contributed by atoms with Crippen LogP contribution in [0.3, 0.4) is 0 Å². The van der Waals surface area contributed by atoms with E-state index in [1.807, 2.05) is 16.8 Å². The Kier molecular flexibility index (Phi) is 3.21. The zero-order chi connectivity index (χ0) is 17.7. The molecule has 9 heteroatoms. The van der Waals surface area contributed by atoms with Crippen LogP contribution in [0.4, 0.5) is 0 Å². The van der Waals surface area contributed by atoms with Crippen molar-refractivity contribution in [1.29, 1.82) is 0 Å². The number of pyridine rings is 2. The molecule has 128 valence electrons. The molecule has 0 spiro atoms. The van der Waals surface area contributed by atoms with E-state index >= 15 is 0 Å². The average molecular weight is 381 g/mol. The molecule has 5 aromatic rings. The Hall–Kier alpha value is -3.04. The zero-order valence-electron chi connectivity index (χ0n) is 13.2. The molecule has 0 N–H and O–H groups in total. The molecule has 0 amide bonds. The third kappa shape index (κ3) is 2.18. The van der Waals surface area contributed by atoms with Crippen molar-refractivity contribution in [3.63, 3.8) is 0 Å². The maximum atomic E-state index is 13.2. The van der Waals surface area contributed by atoms with Crippen LogP contribution in [0.25, 0.3) is 27.8 Å². The second-order valence-corrected chi connectivity index (χ2v) is 8.15. The number of fused-ring (bicyclic) bond motifs is 2. The lowest BCUT2D eigenvalue weighted by Crippen LogP contribution is -2.16. The molecule has 0 unspecified atom stereocenters. The van der Waals surface area contributed by atoms with Crippen molar-refractivity contribution in [1.82, 2.24) is 23.6 Å². The molecule has 7 nitrogen and oxygen atoms in total. The maximum Gasteiger partial charge on any atom is 0.301 e. The van der Waals surface area contributed by atoms with Crippen LogP contribution in [-0.4, -0.2) is 32.0 Å². The molecule has 0 fully saturated rings. The lowest BCUT2D eigenvalue weighted by atomic mass is 10.1. The standard InChI is InChI=1S/C17H11N5O2S2/c23-26(24,17-10-19-16-3-1-2-5-21(16)17)22-15-7-13(12-4-6-25-11-12)8-18-14(15)9-20-22/h1-11H. The average Bonchev–Trinajstić information content (AvgIpc) is 3.39. The Morgan fingerprint density at radius 3 is 2.77 bits per heavy atom. The summed E-state index contributed by atoms with van der Waals surface area (Å²) in [6.07, 6.45) is 6.18. The fraction of sp³-hybridized carbons (Fsp3) is 0. The van der Waals surface area contributed by atoms with E-state index in [4.69, 9.17) is 0 Å². The normalized spacial score (nSPS) is 12.2.